The van der Waals surface area contributed by atoms with Crippen LogP contribution in [-0.2, 0) is 4.79 Å². The molecule has 2 N–H and O–H groups in total. The van der Waals surface area contributed by atoms with E-state index in [9.17, 15) is 4.79 Å². The highest BCUT2D eigenvalue weighted by molar-refractivity contribution is 5.78. The van der Waals surface area contributed by atoms with Crippen LogP contribution in [0, 0.1) is 6.92 Å². The number of hydrogen-bond acceptors (Lipinski definition) is 5. The molecule has 0 aliphatic carbocycles. The van der Waals surface area contributed by atoms with Crippen molar-refractivity contribution in [3.63, 3.8) is 0 Å². The van der Waals surface area contributed by atoms with Crippen LogP contribution in [0.25, 0.3) is 11.3 Å². The summed E-state index contributed by atoms with van der Waals surface area (Å²) in [4.78, 5) is 22.2. The van der Waals surface area contributed by atoms with Crippen molar-refractivity contribution in [2.75, 3.05) is 25.0 Å². The number of hydrogen-bond donors (Lipinski definition) is 2. The van der Waals surface area contributed by atoms with Crippen molar-refractivity contribution in [1.82, 2.24) is 25.1 Å². The molecule has 7 nitrogen and oxygen atoms in total. The number of aromatic nitrogens is 4. The van der Waals surface area contributed by atoms with E-state index < -0.39 is 0 Å². The summed E-state index contributed by atoms with van der Waals surface area (Å²) in [5.41, 5.74) is 2.81. The summed E-state index contributed by atoms with van der Waals surface area (Å²) in [6.45, 7) is 4.40. The third-order valence-corrected chi connectivity index (χ3v) is 3.82. The van der Waals surface area contributed by atoms with Gasteiger partial charge < -0.3 is 10.2 Å². The van der Waals surface area contributed by atoms with Crippen LogP contribution in [0.3, 0.4) is 0 Å². The topological polar surface area (TPSA) is 86.8 Å². The molecule has 0 spiro atoms. The average molecular weight is 300 g/mol. The van der Waals surface area contributed by atoms with Gasteiger partial charge in [0.2, 0.25) is 11.9 Å². The number of rotatable bonds is 6. The summed E-state index contributed by atoms with van der Waals surface area (Å²) in [5, 5.41) is 10.1. The van der Waals surface area contributed by atoms with Crippen molar-refractivity contribution in [1.29, 1.82) is 0 Å². The Morgan fingerprint density at radius 3 is 3.09 bits per heavy atom. The highest BCUT2D eigenvalue weighted by Crippen LogP contribution is 2.19. The average Bonchev–Trinajstić information content (AvgIpc) is 3.13. The number of aryl methyl sites for hydroxylation is 1. The fourth-order valence-electron chi connectivity index (χ4n) is 2.61. The highest BCUT2D eigenvalue weighted by atomic mass is 16.2. The first-order valence-corrected chi connectivity index (χ1v) is 7.59. The standard InChI is InChI=1S/C15H20N6O/c1-11-12(10-18-20-11)13-5-7-17-15(19-13)16-6-3-9-21-8-2-4-14(21)22/h5,7,10H,2-4,6,8-9H2,1H3,(H,18,20)(H,16,17,19). The van der Waals surface area contributed by atoms with Gasteiger partial charge >= 0.3 is 0 Å². The molecule has 7 heteroatoms. The second kappa shape index (κ2) is 6.55. The van der Waals surface area contributed by atoms with Gasteiger partial charge in [-0.15, -0.1) is 0 Å². The minimum absolute atomic E-state index is 0.272. The van der Waals surface area contributed by atoms with Gasteiger partial charge in [-0.05, 0) is 25.8 Å². The van der Waals surface area contributed by atoms with Crippen molar-refractivity contribution in [2.24, 2.45) is 0 Å². The van der Waals surface area contributed by atoms with E-state index in [0.29, 0.717) is 12.4 Å². The molecule has 0 bridgehead atoms. The van der Waals surface area contributed by atoms with Crippen LogP contribution in [0.5, 0.6) is 0 Å². The van der Waals surface area contributed by atoms with E-state index >= 15 is 0 Å². The molecular weight excluding hydrogens is 280 g/mol. The van der Waals surface area contributed by atoms with Crippen LogP contribution >= 0.6 is 0 Å². The van der Waals surface area contributed by atoms with Gasteiger partial charge in [0.1, 0.15) is 0 Å². The fourth-order valence-corrected chi connectivity index (χ4v) is 2.61. The van der Waals surface area contributed by atoms with E-state index in [1.54, 1.807) is 12.4 Å². The Bertz CT molecular complexity index is 653. The van der Waals surface area contributed by atoms with Crippen LogP contribution in [0.2, 0.25) is 0 Å². The molecule has 1 aliphatic rings. The number of likely N-dealkylation sites (tertiary alicyclic amines) is 1. The molecule has 1 saturated heterocycles. The lowest BCUT2D eigenvalue weighted by molar-refractivity contribution is -0.127. The van der Waals surface area contributed by atoms with Crippen LogP contribution in [0.15, 0.2) is 18.5 Å². The third-order valence-electron chi connectivity index (χ3n) is 3.82. The minimum Gasteiger partial charge on any atom is -0.354 e. The van der Waals surface area contributed by atoms with E-state index in [0.717, 1.165) is 49.4 Å². The van der Waals surface area contributed by atoms with Gasteiger partial charge in [-0.1, -0.05) is 0 Å². The Balaban J connectivity index is 1.53. The maximum absolute atomic E-state index is 11.5. The Hall–Kier alpha value is -2.44. The van der Waals surface area contributed by atoms with Crippen LogP contribution in [0.1, 0.15) is 25.0 Å². The second-order valence-electron chi connectivity index (χ2n) is 5.44. The molecule has 3 heterocycles. The first-order chi connectivity index (χ1) is 10.7. The smallest absolute Gasteiger partial charge is 0.223 e. The number of aromatic amines is 1. The lowest BCUT2D eigenvalue weighted by Crippen LogP contribution is -2.27. The Morgan fingerprint density at radius 1 is 1.45 bits per heavy atom. The van der Waals surface area contributed by atoms with Gasteiger partial charge in [0.25, 0.3) is 0 Å². The second-order valence-corrected chi connectivity index (χ2v) is 5.44. The zero-order valence-electron chi connectivity index (χ0n) is 12.7. The minimum atomic E-state index is 0.272. The number of anilines is 1. The molecule has 3 rings (SSSR count). The van der Waals surface area contributed by atoms with E-state index in [-0.39, 0.29) is 5.91 Å². The van der Waals surface area contributed by atoms with Crippen LogP contribution in [-0.4, -0.2) is 50.6 Å². The van der Waals surface area contributed by atoms with Gasteiger partial charge in [0, 0.05) is 43.5 Å². The quantitative estimate of drug-likeness (QED) is 0.791. The summed E-state index contributed by atoms with van der Waals surface area (Å²) in [5.74, 6) is 0.875. The monoisotopic (exact) mass is 300 g/mol. The fraction of sp³-hybridized carbons (Fsp3) is 0.467. The SMILES string of the molecule is Cc1[nH]ncc1-c1ccnc(NCCCN2CCCC2=O)n1. The van der Waals surface area contributed by atoms with Gasteiger partial charge in [-0.3, -0.25) is 9.89 Å². The number of carbonyl (C=O) groups excluding carboxylic acids is 1. The molecule has 0 saturated carbocycles. The molecule has 0 atom stereocenters. The first-order valence-electron chi connectivity index (χ1n) is 7.59. The van der Waals surface area contributed by atoms with Gasteiger partial charge in [-0.25, -0.2) is 9.97 Å². The molecule has 1 aliphatic heterocycles. The van der Waals surface area contributed by atoms with E-state index in [1.165, 1.54) is 0 Å². The molecule has 22 heavy (non-hydrogen) atoms. The van der Waals surface area contributed by atoms with E-state index in [2.05, 4.69) is 25.5 Å². The van der Waals surface area contributed by atoms with Crippen molar-refractivity contribution >= 4 is 11.9 Å². The summed E-state index contributed by atoms with van der Waals surface area (Å²) < 4.78 is 0. The number of carbonyl (C=O) groups is 1. The zero-order valence-corrected chi connectivity index (χ0v) is 12.7. The molecule has 1 fully saturated rings. The lowest BCUT2D eigenvalue weighted by Gasteiger charge is -2.15. The normalized spacial score (nSPS) is 14.6. The number of nitrogens with one attached hydrogen (secondary N) is 2. The van der Waals surface area contributed by atoms with Crippen LogP contribution in [0.4, 0.5) is 5.95 Å². The lowest BCUT2D eigenvalue weighted by atomic mass is 10.2. The molecular formula is C15H20N6O. The molecule has 116 valence electrons. The highest BCUT2D eigenvalue weighted by Gasteiger charge is 2.18. The molecule has 2 aromatic heterocycles. The molecule has 0 aromatic carbocycles. The zero-order chi connectivity index (χ0) is 15.4. The third kappa shape index (κ3) is 3.24. The van der Waals surface area contributed by atoms with Crippen molar-refractivity contribution < 1.29 is 4.79 Å². The summed E-state index contributed by atoms with van der Waals surface area (Å²) in [7, 11) is 0. The largest absolute Gasteiger partial charge is 0.354 e. The summed E-state index contributed by atoms with van der Waals surface area (Å²) in [6.07, 6.45) is 6.08. The van der Waals surface area contributed by atoms with E-state index in [1.807, 2.05) is 17.9 Å². The van der Waals surface area contributed by atoms with Crippen LogP contribution < -0.4 is 5.32 Å². The van der Waals surface area contributed by atoms with Crippen molar-refractivity contribution in [3.05, 3.63) is 24.2 Å². The van der Waals surface area contributed by atoms with Crippen molar-refractivity contribution in [2.45, 2.75) is 26.2 Å². The number of amides is 1. The summed E-state index contributed by atoms with van der Waals surface area (Å²) >= 11 is 0. The Kier molecular flexibility index (Phi) is 4.32. The summed E-state index contributed by atoms with van der Waals surface area (Å²) in [6, 6.07) is 1.87. The predicted molar refractivity (Wildman–Crippen MR) is 83.3 cm³/mol. The molecule has 1 amide bonds. The Labute approximate surface area is 129 Å². The van der Waals surface area contributed by atoms with Gasteiger partial charge in [0.05, 0.1) is 11.9 Å². The van der Waals surface area contributed by atoms with Crippen molar-refractivity contribution in [3.8, 4) is 11.3 Å². The maximum atomic E-state index is 11.5. The van der Waals surface area contributed by atoms with Gasteiger partial charge in [0.15, 0.2) is 0 Å². The maximum Gasteiger partial charge on any atom is 0.223 e. The number of nitrogens with zero attached hydrogens (tertiary/aromatic N) is 4. The molecule has 2 aromatic rings. The predicted octanol–water partition coefficient (Wildman–Crippen LogP) is 1.60. The molecule has 0 radical (unpaired) electrons. The van der Waals surface area contributed by atoms with Gasteiger partial charge in [-0.2, -0.15) is 5.10 Å². The Morgan fingerprint density at radius 2 is 2.36 bits per heavy atom. The first kappa shape index (κ1) is 14.5. The van der Waals surface area contributed by atoms with E-state index in [4.69, 9.17) is 0 Å². The number of H-pyrrole nitrogens is 1. The molecule has 0 unspecified atom stereocenters.